The van der Waals surface area contributed by atoms with Crippen LogP contribution in [0.15, 0.2) is 41.6 Å². The molecule has 2 rings (SSSR count). The lowest BCUT2D eigenvalue weighted by Gasteiger charge is -2.10. The maximum absolute atomic E-state index is 8.64. The van der Waals surface area contributed by atoms with E-state index in [1.165, 1.54) is 11.1 Å². The molecule has 5 heteroatoms. The van der Waals surface area contributed by atoms with Crippen molar-refractivity contribution in [3.63, 3.8) is 0 Å². The molecule has 0 aromatic heterocycles. The van der Waals surface area contributed by atoms with Crippen LogP contribution in [0.4, 0.5) is 0 Å². The lowest BCUT2D eigenvalue weighted by molar-refractivity contribution is 0.306. The van der Waals surface area contributed by atoms with E-state index < -0.39 is 0 Å². The van der Waals surface area contributed by atoms with Gasteiger partial charge in [0.1, 0.15) is 12.4 Å². The van der Waals surface area contributed by atoms with E-state index in [1.54, 1.807) is 18.2 Å². The molecule has 2 aromatic rings. The molecule has 0 heterocycles. The quantitative estimate of drug-likeness (QED) is 0.392. The fraction of sp³-hybridized carbons (Fsp3) is 0.188. The molecule has 0 aliphatic carbocycles. The number of benzene rings is 2. The van der Waals surface area contributed by atoms with Crippen LogP contribution in [0.3, 0.4) is 0 Å². The Morgan fingerprint density at radius 2 is 1.95 bits per heavy atom. The molecular formula is C16H17ClN2O2. The van der Waals surface area contributed by atoms with Crippen molar-refractivity contribution in [3.05, 3.63) is 63.7 Å². The van der Waals surface area contributed by atoms with Crippen molar-refractivity contribution in [3.8, 4) is 5.75 Å². The van der Waals surface area contributed by atoms with Gasteiger partial charge in [-0.1, -0.05) is 35.0 Å². The molecule has 110 valence electrons. The average Bonchev–Trinajstić information content (AvgIpc) is 2.48. The highest BCUT2D eigenvalue weighted by Crippen LogP contribution is 2.22. The van der Waals surface area contributed by atoms with Crippen LogP contribution in [0.2, 0.25) is 5.02 Å². The van der Waals surface area contributed by atoms with Crippen molar-refractivity contribution in [2.24, 2.45) is 10.9 Å². The van der Waals surface area contributed by atoms with Crippen LogP contribution in [0.1, 0.15) is 22.3 Å². The van der Waals surface area contributed by atoms with Gasteiger partial charge < -0.3 is 15.7 Å². The Hall–Kier alpha value is -2.20. The summed E-state index contributed by atoms with van der Waals surface area (Å²) >= 11 is 6.18. The van der Waals surface area contributed by atoms with Crippen molar-refractivity contribution >= 4 is 17.4 Å². The number of nitrogens with two attached hydrogens (primary N) is 1. The summed E-state index contributed by atoms with van der Waals surface area (Å²) in [5, 5.41) is 12.1. The molecule has 21 heavy (non-hydrogen) atoms. The van der Waals surface area contributed by atoms with Crippen LogP contribution in [0.25, 0.3) is 0 Å². The first-order valence-electron chi connectivity index (χ1n) is 6.47. The van der Waals surface area contributed by atoms with Gasteiger partial charge in [0.05, 0.1) is 0 Å². The molecule has 0 atom stereocenters. The topological polar surface area (TPSA) is 67.8 Å². The zero-order chi connectivity index (χ0) is 15.4. The Morgan fingerprint density at radius 1 is 1.19 bits per heavy atom. The van der Waals surface area contributed by atoms with Crippen LogP contribution in [-0.4, -0.2) is 11.0 Å². The molecule has 2 aromatic carbocycles. The largest absolute Gasteiger partial charge is 0.489 e. The minimum absolute atomic E-state index is 0.0264. The number of hydrogen-bond donors (Lipinski definition) is 2. The summed E-state index contributed by atoms with van der Waals surface area (Å²) in [4.78, 5) is 0. The number of nitrogens with zero attached hydrogens (tertiary/aromatic N) is 1. The number of rotatable bonds is 4. The number of amidine groups is 1. The minimum atomic E-state index is 0.0264. The van der Waals surface area contributed by atoms with E-state index in [2.05, 4.69) is 12.1 Å². The molecular weight excluding hydrogens is 288 g/mol. The van der Waals surface area contributed by atoms with Crippen LogP contribution in [0, 0.1) is 13.8 Å². The summed E-state index contributed by atoms with van der Waals surface area (Å²) in [5.74, 6) is 0.827. The zero-order valence-corrected chi connectivity index (χ0v) is 12.7. The highest BCUT2D eigenvalue weighted by atomic mass is 35.5. The monoisotopic (exact) mass is 304 g/mol. The van der Waals surface area contributed by atoms with Gasteiger partial charge in [-0.3, -0.25) is 0 Å². The van der Waals surface area contributed by atoms with Gasteiger partial charge in [-0.2, -0.15) is 0 Å². The fourth-order valence-electron chi connectivity index (χ4n) is 1.85. The molecule has 0 bridgehead atoms. The van der Waals surface area contributed by atoms with Gasteiger partial charge in [0.2, 0.25) is 0 Å². The summed E-state index contributed by atoms with van der Waals surface area (Å²) in [6, 6.07) is 11.1. The molecule has 0 aliphatic heterocycles. The van der Waals surface area contributed by atoms with Gasteiger partial charge in [-0.25, -0.2) is 0 Å². The normalized spacial score (nSPS) is 11.5. The van der Waals surface area contributed by atoms with Crippen LogP contribution in [-0.2, 0) is 6.61 Å². The molecule has 0 saturated heterocycles. The van der Waals surface area contributed by atoms with Crippen LogP contribution in [0.5, 0.6) is 5.75 Å². The van der Waals surface area contributed by atoms with E-state index >= 15 is 0 Å². The molecule has 0 amide bonds. The first-order valence-corrected chi connectivity index (χ1v) is 6.85. The highest BCUT2D eigenvalue weighted by molar-refractivity contribution is 6.31. The molecule has 4 nitrogen and oxygen atoms in total. The number of ether oxygens (including phenoxy) is 1. The molecule has 0 fully saturated rings. The minimum Gasteiger partial charge on any atom is -0.489 e. The number of halogens is 1. The molecule has 0 saturated carbocycles. The third-order valence-corrected chi connectivity index (χ3v) is 3.68. The van der Waals surface area contributed by atoms with E-state index in [9.17, 15) is 0 Å². The van der Waals surface area contributed by atoms with E-state index in [-0.39, 0.29) is 5.84 Å². The molecule has 3 N–H and O–H groups in total. The third-order valence-electron chi connectivity index (χ3n) is 3.33. The maximum atomic E-state index is 8.64. The van der Waals surface area contributed by atoms with E-state index in [4.69, 9.17) is 27.3 Å². The molecule has 0 aliphatic rings. The highest BCUT2D eigenvalue weighted by Gasteiger charge is 2.06. The lowest BCUT2D eigenvalue weighted by Crippen LogP contribution is -2.13. The lowest BCUT2D eigenvalue weighted by atomic mass is 10.1. The Kier molecular flexibility index (Phi) is 4.70. The number of oxime groups is 1. The Labute approximate surface area is 128 Å². The Bertz CT molecular complexity index is 684. The third kappa shape index (κ3) is 3.67. The number of hydrogen-bond acceptors (Lipinski definition) is 3. The Morgan fingerprint density at radius 3 is 2.57 bits per heavy atom. The number of aryl methyl sites for hydroxylation is 2. The van der Waals surface area contributed by atoms with Gasteiger partial charge in [-0.05, 0) is 43.2 Å². The van der Waals surface area contributed by atoms with Crippen molar-refractivity contribution in [1.82, 2.24) is 0 Å². The van der Waals surface area contributed by atoms with E-state index in [0.717, 1.165) is 11.3 Å². The van der Waals surface area contributed by atoms with E-state index in [1.807, 2.05) is 25.1 Å². The maximum Gasteiger partial charge on any atom is 0.170 e. The van der Waals surface area contributed by atoms with E-state index in [0.29, 0.717) is 17.2 Å². The molecule has 0 unspecified atom stereocenters. The second kappa shape index (κ2) is 6.50. The molecule has 0 radical (unpaired) electrons. The van der Waals surface area contributed by atoms with Gasteiger partial charge in [0.25, 0.3) is 0 Å². The summed E-state index contributed by atoms with van der Waals surface area (Å²) < 4.78 is 5.74. The van der Waals surface area contributed by atoms with Gasteiger partial charge in [0, 0.05) is 16.1 Å². The van der Waals surface area contributed by atoms with Gasteiger partial charge >= 0.3 is 0 Å². The smallest absolute Gasteiger partial charge is 0.170 e. The zero-order valence-electron chi connectivity index (χ0n) is 11.9. The van der Waals surface area contributed by atoms with Gasteiger partial charge in [-0.15, -0.1) is 0 Å². The summed E-state index contributed by atoms with van der Waals surface area (Å²) in [7, 11) is 0. The van der Waals surface area contributed by atoms with Crippen molar-refractivity contribution in [1.29, 1.82) is 0 Å². The second-order valence-corrected chi connectivity index (χ2v) is 5.23. The first kappa shape index (κ1) is 15.2. The second-order valence-electron chi connectivity index (χ2n) is 4.83. The first-order chi connectivity index (χ1) is 10.0. The standard InChI is InChI=1S/C16H17ClN2O2/c1-10-3-6-14(7-11(10)2)21-9-13-5-4-12(8-15(13)17)16(18)19-20/h3-8,20H,9H2,1-2H3,(H2,18,19). The van der Waals surface area contributed by atoms with Crippen molar-refractivity contribution in [2.45, 2.75) is 20.5 Å². The van der Waals surface area contributed by atoms with Crippen molar-refractivity contribution in [2.75, 3.05) is 0 Å². The SMILES string of the molecule is Cc1ccc(OCc2ccc(/C(N)=N/O)cc2Cl)cc1C. The average molecular weight is 305 g/mol. The fourth-order valence-corrected chi connectivity index (χ4v) is 2.08. The Balaban J connectivity index is 2.11. The predicted octanol–water partition coefficient (Wildman–Crippen LogP) is 3.63. The predicted molar refractivity (Wildman–Crippen MR) is 84.2 cm³/mol. The summed E-state index contributed by atoms with van der Waals surface area (Å²) in [5.41, 5.74) is 9.33. The summed E-state index contributed by atoms with van der Waals surface area (Å²) in [6.07, 6.45) is 0. The van der Waals surface area contributed by atoms with Crippen LogP contribution < -0.4 is 10.5 Å². The summed E-state index contributed by atoms with van der Waals surface area (Å²) in [6.45, 7) is 4.46. The van der Waals surface area contributed by atoms with Gasteiger partial charge in [0.15, 0.2) is 5.84 Å². The molecule has 0 spiro atoms. The van der Waals surface area contributed by atoms with Crippen molar-refractivity contribution < 1.29 is 9.94 Å². The van der Waals surface area contributed by atoms with Crippen LogP contribution >= 0.6 is 11.6 Å².